The minimum absolute atomic E-state index is 0.337. The van der Waals surface area contributed by atoms with Gasteiger partial charge in [0.15, 0.2) is 11.5 Å². The van der Waals surface area contributed by atoms with Crippen molar-refractivity contribution in [1.82, 2.24) is 0 Å². The predicted molar refractivity (Wildman–Crippen MR) is 77.1 cm³/mol. The summed E-state index contributed by atoms with van der Waals surface area (Å²) >= 11 is 0. The van der Waals surface area contributed by atoms with Crippen LogP contribution in [-0.4, -0.2) is 15.3 Å². The molecule has 0 saturated heterocycles. The smallest absolute Gasteiger partial charge is 0.201 e. The molecule has 0 heterocycles. The van der Waals surface area contributed by atoms with Gasteiger partial charge in [0.25, 0.3) is 0 Å². The molecule has 2 rings (SSSR count). The number of aromatic hydroxyl groups is 3. The molecular weight excluding hydrogens is 240 g/mol. The van der Waals surface area contributed by atoms with Crippen LogP contribution in [0.4, 0.5) is 0 Å². The topological polar surface area (TPSA) is 60.7 Å². The van der Waals surface area contributed by atoms with Crippen molar-refractivity contribution in [2.75, 3.05) is 0 Å². The zero-order chi connectivity index (χ0) is 14.0. The zero-order valence-electron chi connectivity index (χ0n) is 10.3. The van der Waals surface area contributed by atoms with Gasteiger partial charge in [-0.25, -0.2) is 0 Å². The van der Waals surface area contributed by atoms with Crippen molar-refractivity contribution in [3.8, 4) is 28.4 Å². The van der Waals surface area contributed by atoms with Gasteiger partial charge in [0.1, 0.15) is 0 Å². The van der Waals surface area contributed by atoms with Gasteiger partial charge in [0.05, 0.1) is 0 Å². The molecule has 0 saturated carbocycles. The average Bonchev–Trinajstić information content (AvgIpc) is 2.45. The molecule has 2 aromatic rings. The summed E-state index contributed by atoms with van der Waals surface area (Å²) < 4.78 is 0. The van der Waals surface area contributed by atoms with Gasteiger partial charge in [-0.05, 0) is 11.1 Å². The van der Waals surface area contributed by atoms with E-state index < -0.39 is 11.5 Å². The number of phenols is 3. The van der Waals surface area contributed by atoms with Gasteiger partial charge in [0, 0.05) is 11.1 Å². The monoisotopic (exact) mass is 254 g/mol. The highest BCUT2D eigenvalue weighted by molar-refractivity contribution is 5.89. The van der Waals surface area contributed by atoms with Crippen molar-refractivity contribution in [2.45, 2.75) is 0 Å². The van der Waals surface area contributed by atoms with Gasteiger partial charge >= 0.3 is 0 Å². The lowest BCUT2D eigenvalue weighted by Crippen LogP contribution is -1.91. The highest BCUT2D eigenvalue weighted by Gasteiger charge is 2.21. The van der Waals surface area contributed by atoms with E-state index >= 15 is 0 Å². The van der Waals surface area contributed by atoms with E-state index in [0.29, 0.717) is 22.3 Å². The van der Waals surface area contributed by atoms with Gasteiger partial charge in [-0.15, -0.1) is 0 Å². The third-order valence-corrected chi connectivity index (χ3v) is 2.97. The van der Waals surface area contributed by atoms with Crippen LogP contribution < -0.4 is 0 Å². The molecule has 0 atom stereocenters. The van der Waals surface area contributed by atoms with Gasteiger partial charge in [-0.3, -0.25) is 0 Å². The lowest BCUT2D eigenvalue weighted by molar-refractivity contribution is 0.368. The molecule has 0 bridgehead atoms. The Morgan fingerprint density at radius 1 is 0.737 bits per heavy atom. The first-order chi connectivity index (χ1) is 9.11. The third kappa shape index (κ3) is 1.95. The molecule has 0 spiro atoms. The van der Waals surface area contributed by atoms with Crippen LogP contribution in [0.25, 0.3) is 23.3 Å². The summed E-state index contributed by atoms with van der Waals surface area (Å²) in [6.07, 6.45) is 2.93. The molecule has 0 aromatic heterocycles. The Hall–Kier alpha value is -2.68. The minimum atomic E-state index is -0.556. The number of hydrogen-bond donors (Lipinski definition) is 3. The lowest BCUT2D eigenvalue weighted by atomic mass is 9.93. The molecule has 0 unspecified atom stereocenters. The molecule has 3 nitrogen and oxygen atoms in total. The van der Waals surface area contributed by atoms with Crippen LogP contribution in [0, 0.1) is 0 Å². The maximum Gasteiger partial charge on any atom is 0.201 e. The third-order valence-electron chi connectivity index (χ3n) is 2.97. The van der Waals surface area contributed by atoms with Crippen molar-refractivity contribution >= 4 is 12.2 Å². The first-order valence-electron chi connectivity index (χ1n) is 5.73. The Labute approximate surface area is 111 Å². The van der Waals surface area contributed by atoms with E-state index in [-0.39, 0.29) is 5.75 Å². The van der Waals surface area contributed by atoms with E-state index in [1.807, 2.05) is 18.2 Å². The van der Waals surface area contributed by atoms with E-state index in [2.05, 4.69) is 13.2 Å². The van der Waals surface area contributed by atoms with Gasteiger partial charge in [-0.2, -0.15) is 0 Å². The molecule has 0 radical (unpaired) electrons. The largest absolute Gasteiger partial charge is 0.504 e. The quantitative estimate of drug-likeness (QED) is 0.731. The summed E-state index contributed by atoms with van der Waals surface area (Å²) in [7, 11) is 0. The second-order valence-corrected chi connectivity index (χ2v) is 4.02. The van der Waals surface area contributed by atoms with E-state index in [9.17, 15) is 15.3 Å². The summed E-state index contributed by atoms with van der Waals surface area (Å²) in [5.41, 5.74) is 1.99. The Morgan fingerprint density at radius 3 is 1.84 bits per heavy atom. The maximum absolute atomic E-state index is 10.1. The average molecular weight is 254 g/mol. The van der Waals surface area contributed by atoms with Crippen molar-refractivity contribution in [1.29, 1.82) is 0 Å². The van der Waals surface area contributed by atoms with Crippen LogP contribution >= 0.6 is 0 Å². The molecule has 0 aliphatic carbocycles. The molecule has 2 aromatic carbocycles. The zero-order valence-corrected chi connectivity index (χ0v) is 10.3. The van der Waals surface area contributed by atoms with Crippen LogP contribution in [0.2, 0.25) is 0 Å². The standard InChI is InChI=1S/C16H14O3/c1-3-11-12(4-2)14(17)16(19)15(18)13(11)10-8-6-5-7-9-10/h3-9,17-19H,1-2H2. The fraction of sp³-hybridized carbons (Fsp3) is 0. The minimum Gasteiger partial charge on any atom is -0.504 e. The van der Waals surface area contributed by atoms with Crippen LogP contribution in [-0.2, 0) is 0 Å². The van der Waals surface area contributed by atoms with E-state index in [4.69, 9.17) is 0 Å². The van der Waals surface area contributed by atoms with Crippen molar-refractivity contribution in [3.63, 3.8) is 0 Å². The molecular formula is C16H14O3. The van der Waals surface area contributed by atoms with E-state index in [1.54, 1.807) is 12.1 Å². The Bertz CT molecular complexity index is 643. The highest BCUT2D eigenvalue weighted by Crippen LogP contribution is 2.48. The molecule has 19 heavy (non-hydrogen) atoms. The predicted octanol–water partition coefficient (Wildman–Crippen LogP) is 3.76. The van der Waals surface area contributed by atoms with Crippen LogP contribution in [0.5, 0.6) is 17.2 Å². The van der Waals surface area contributed by atoms with Crippen LogP contribution in [0.1, 0.15) is 11.1 Å². The molecule has 96 valence electrons. The van der Waals surface area contributed by atoms with Crippen LogP contribution in [0.3, 0.4) is 0 Å². The Morgan fingerprint density at radius 2 is 1.32 bits per heavy atom. The Kier molecular flexibility index (Phi) is 3.29. The van der Waals surface area contributed by atoms with Crippen molar-refractivity contribution in [2.24, 2.45) is 0 Å². The second kappa shape index (κ2) is 4.90. The lowest BCUT2D eigenvalue weighted by Gasteiger charge is -2.15. The van der Waals surface area contributed by atoms with Gasteiger partial charge in [0.2, 0.25) is 5.75 Å². The Balaban J connectivity index is 2.91. The second-order valence-electron chi connectivity index (χ2n) is 4.02. The number of phenolic OH excluding ortho intramolecular Hbond substituents is 3. The van der Waals surface area contributed by atoms with Crippen LogP contribution in [0.15, 0.2) is 43.5 Å². The number of hydrogen-bond acceptors (Lipinski definition) is 3. The molecule has 0 fully saturated rings. The highest BCUT2D eigenvalue weighted by atomic mass is 16.3. The first-order valence-corrected chi connectivity index (χ1v) is 5.73. The molecule has 0 amide bonds. The number of benzene rings is 2. The van der Waals surface area contributed by atoms with Gasteiger partial charge in [-0.1, -0.05) is 55.6 Å². The summed E-state index contributed by atoms with van der Waals surface area (Å²) in [4.78, 5) is 0. The first kappa shape index (κ1) is 12.8. The van der Waals surface area contributed by atoms with E-state index in [0.717, 1.165) is 0 Å². The fourth-order valence-electron chi connectivity index (χ4n) is 2.06. The molecule has 0 aliphatic heterocycles. The summed E-state index contributed by atoms with van der Waals surface area (Å²) in [5.74, 6) is -1.33. The summed E-state index contributed by atoms with van der Waals surface area (Å²) in [6.45, 7) is 7.29. The van der Waals surface area contributed by atoms with E-state index in [1.165, 1.54) is 12.2 Å². The maximum atomic E-state index is 10.1. The number of rotatable bonds is 3. The molecule has 3 heteroatoms. The summed E-state index contributed by atoms with van der Waals surface area (Å²) in [6, 6.07) is 9.08. The normalized spacial score (nSPS) is 10.1. The van der Waals surface area contributed by atoms with Crippen molar-refractivity contribution < 1.29 is 15.3 Å². The van der Waals surface area contributed by atoms with Crippen molar-refractivity contribution in [3.05, 3.63) is 54.6 Å². The fourth-order valence-corrected chi connectivity index (χ4v) is 2.06. The molecule has 0 aliphatic rings. The SMILES string of the molecule is C=Cc1c(O)c(O)c(O)c(-c2ccccc2)c1C=C. The molecule has 3 N–H and O–H groups in total. The summed E-state index contributed by atoms with van der Waals surface area (Å²) in [5, 5.41) is 29.7. The van der Waals surface area contributed by atoms with Gasteiger partial charge < -0.3 is 15.3 Å².